The van der Waals surface area contributed by atoms with Crippen LogP contribution < -0.4 is 10.9 Å². The molecule has 9 nitrogen and oxygen atoms in total. The fourth-order valence-electron chi connectivity index (χ4n) is 2.52. The van der Waals surface area contributed by atoms with Gasteiger partial charge in [-0.15, -0.1) is 11.8 Å². The summed E-state index contributed by atoms with van der Waals surface area (Å²) in [5, 5.41) is 20.2. The number of fused-ring (bicyclic) bond motifs is 1. The predicted octanol–water partition coefficient (Wildman–Crippen LogP) is 0.0194. The molecule has 136 valence electrons. The van der Waals surface area contributed by atoms with Crippen LogP contribution >= 0.6 is 11.8 Å². The number of hydrogen-bond donors (Lipinski definition) is 4. The van der Waals surface area contributed by atoms with Gasteiger partial charge in [0.2, 0.25) is 11.9 Å². The number of alkyl halides is 1. The molecule has 2 aromatic heterocycles. The maximum absolute atomic E-state index is 14.0. The Labute approximate surface area is 145 Å². The van der Waals surface area contributed by atoms with E-state index in [9.17, 15) is 24.2 Å². The van der Waals surface area contributed by atoms with E-state index in [1.807, 2.05) is 0 Å². The molecule has 2 aromatic rings. The van der Waals surface area contributed by atoms with Crippen LogP contribution in [0.25, 0.3) is 11.2 Å². The van der Waals surface area contributed by atoms with Crippen molar-refractivity contribution in [3.63, 3.8) is 0 Å². The van der Waals surface area contributed by atoms with Gasteiger partial charge >= 0.3 is 0 Å². The summed E-state index contributed by atoms with van der Waals surface area (Å²) < 4.78 is 15.4. The van der Waals surface area contributed by atoms with E-state index in [0.29, 0.717) is 0 Å². The van der Waals surface area contributed by atoms with Crippen LogP contribution in [0.4, 0.5) is 10.3 Å². The van der Waals surface area contributed by atoms with Crippen LogP contribution in [0.1, 0.15) is 19.2 Å². The van der Waals surface area contributed by atoms with Crippen molar-refractivity contribution in [2.75, 3.05) is 11.9 Å². The van der Waals surface area contributed by atoms with Gasteiger partial charge < -0.3 is 10.2 Å². The van der Waals surface area contributed by atoms with Crippen LogP contribution in [0.2, 0.25) is 0 Å². The number of nitrogens with zero attached hydrogens (tertiary/aromatic N) is 3. The first-order valence-electron chi connectivity index (χ1n) is 7.69. The summed E-state index contributed by atoms with van der Waals surface area (Å²) in [6, 6.07) is 0. The second-order valence-electron chi connectivity index (χ2n) is 6.07. The molecular weight excluding hydrogens is 353 g/mol. The molecule has 0 spiro atoms. The predicted molar refractivity (Wildman–Crippen MR) is 90.0 cm³/mol. The molecule has 4 N–H and O–H groups in total. The van der Waals surface area contributed by atoms with Gasteiger partial charge in [-0.1, -0.05) is 13.8 Å². The molecule has 4 unspecified atom stereocenters. The quantitative estimate of drug-likeness (QED) is 0.595. The van der Waals surface area contributed by atoms with Crippen molar-refractivity contribution >= 4 is 34.8 Å². The molecule has 11 heteroatoms. The normalized spacial score (nSPS) is 26.5. The Bertz CT molecular complexity index is 853. The van der Waals surface area contributed by atoms with Crippen molar-refractivity contribution in [1.29, 1.82) is 0 Å². The molecule has 25 heavy (non-hydrogen) atoms. The Morgan fingerprint density at radius 1 is 1.56 bits per heavy atom. The molecule has 1 amide bonds. The Kier molecular flexibility index (Phi) is 4.80. The highest BCUT2D eigenvalue weighted by Gasteiger charge is 2.45. The van der Waals surface area contributed by atoms with Gasteiger partial charge in [0.15, 0.2) is 11.2 Å². The van der Waals surface area contributed by atoms with Crippen LogP contribution in [0.5, 0.6) is 0 Å². The van der Waals surface area contributed by atoms with E-state index in [4.69, 9.17) is 0 Å². The van der Waals surface area contributed by atoms with Gasteiger partial charge in [0.1, 0.15) is 17.6 Å². The SMILES string of the molecule is CC(C)C(=O)Nc1nc2c(ncn2C2SC(CO)C(F)C2O)c(=O)[nH]1. The van der Waals surface area contributed by atoms with E-state index >= 15 is 0 Å². The molecule has 0 aliphatic carbocycles. The zero-order valence-electron chi connectivity index (χ0n) is 13.5. The van der Waals surface area contributed by atoms with Crippen molar-refractivity contribution in [2.45, 2.75) is 36.7 Å². The van der Waals surface area contributed by atoms with Crippen LogP contribution in [-0.2, 0) is 4.79 Å². The number of aliphatic hydroxyl groups excluding tert-OH is 2. The van der Waals surface area contributed by atoms with E-state index in [2.05, 4.69) is 20.3 Å². The van der Waals surface area contributed by atoms with E-state index in [1.54, 1.807) is 13.8 Å². The third-order valence-electron chi connectivity index (χ3n) is 3.94. The van der Waals surface area contributed by atoms with Crippen molar-refractivity contribution in [3.8, 4) is 0 Å². The summed E-state index contributed by atoms with van der Waals surface area (Å²) in [4.78, 5) is 34.5. The van der Waals surface area contributed by atoms with Gasteiger partial charge in [-0.2, -0.15) is 4.98 Å². The van der Waals surface area contributed by atoms with Crippen LogP contribution in [0.3, 0.4) is 0 Å². The molecule has 0 saturated carbocycles. The van der Waals surface area contributed by atoms with E-state index in [-0.39, 0.29) is 28.9 Å². The van der Waals surface area contributed by atoms with Crippen LogP contribution in [-0.4, -0.2) is 59.8 Å². The summed E-state index contributed by atoms with van der Waals surface area (Å²) in [5.41, 5.74) is -0.431. The number of aliphatic hydroxyl groups is 2. The van der Waals surface area contributed by atoms with Crippen molar-refractivity contribution in [3.05, 3.63) is 16.7 Å². The third-order valence-corrected chi connectivity index (χ3v) is 5.48. The lowest BCUT2D eigenvalue weighted by Gasteiger charge is -2.16. The first-order chi connectivity index (χ1) is 11.8. The Morgan fingerprint density at radius 2 is 2.28 bits per heavy atom. The van der Waals surface area contributed by atoms with Crippen molar-refractivity contribution < 1.29 is 19.4 Å². The molecule has 3 rings (SSSR count). The fraction of sp³-hybridized carbons (Fsp3) is 0.571. The number of amides is 1. The summed E-state index contributed by atoms with van der Waals surface area (Å²) in [7, 11) is 0. The number of thioether (sulfide) groups is 1. The van der Waals surface area contributed by atoms with Crippen LogP contribution in [0, 0.1) is 5.92 Å². The molecular formula is C14H18FN5O4S. The number of hydrogen-bond acceptors (Lipinski definition) is 7. The number of H-pyrrole nitrogens is 1. The zero-order valence-corrected chi connectivity index (χ0v) is 14.3. The third kappa shape index (κ3) is 3.14. The van der Waals surface area contributed by atoms with Gasteiger partial charge in [0.25, 0.3) is 5.56 Å². The van der Waals surface area contributed by atoms with Gasteiger partial charge in [0.05, 0.1) is 18.2 Å². The average molecular weight is 371 g/mol. The molecule has 1 aliphatic heterocycles. The van der Waals surface area contributed by atoms with Crippen molar-refractivity contribution in [1.82, 2.24) is 19.5 Å². The van der Waals surface area contributed by atoms with Crippen LogP contribution in [0.15, 0.2) is 11.1 Å². The van der Waals surface area contributed by atoms with Gasteiger partial charge in [-0.3, -0.25) is 24.5 Å². The van der Waals surface area contributed by atoms with Gasteiger partial charge in [-0.05, 0) is 0 Å². The minimum atomic E-state index is -1.61. The number of carbonyl (C=O) groups excluding carboxylic acids is 1. The minimum Gasteiger partial charge on any atom is -0.395 e. The smallest absolute Gasteiger partial charge is 0.280 e. The summed E-state index contributed by atoms with van der Waals surface area (Å²) in [6.45, 7) is 2.96. The molecule has 0 radical (unpaired) electrons. The molecule has 0 bridgehead atoms. The lowest BCUT2D eigenvalue weighted by molar-refractivity contribution is -0.118. The molecule has 1 saturated heterocycles. The molecule has 1 fully saturated rings. The number of aromatic amines is 1. The Morgan fingerprint density at radius 3 is 2.88 bits per heavy atom. The number of aromatic nitrogens is 4. The molecule has 0 aromatic carbocycles. The summed E-state index contributed by atoms with van der Waals surface area (Å²) >= 11 is 1.04. The lowest BCUT2D eigenvalue weighted by Crippen LogP contribution is -2.29. The second-order valence-corrected chi connectivity index (χ2v) is 7.43. The topological polar surface area (TPSA) is 133 Å². The van der Waals surface area contributed by atoms with E-state index in [0.717, 1.165) is 11.8 Å². The van der Waals surface area contributed by atoms with E-state index in [1.165, 1.54) is 10.9 Å². The lowest BCUT2D eigenvalue weighted by atomic mass is 10.1. The maximum atomic E-state index is 14.0. The van der Waals surface area contributed by atoms with E-state index < -0.39 is 35.1 Å². The first-order valence-corrected chi connectivity index (χ1v) is 8.64. The highest BCUT2D eigenvalue weighted by molar-refractivity contribution is 8.00. The number of rotatable bonds is 4. The standard InChI is InChI=1S/C14H18FN5O4S/c1-5(2)11(23)18-14-17-10-8(12(24)19-14)16-4-20(10)13-9(22)7(15)6(3-21)25-13/h4-7,9,13,21-22H,3H2,1-2H3,(H2,17,18,19,23,24). The zero-order chi connectivity index (χ0) is 18.3. The average Bonchev–Trinajstić information content (AvgIpc) is 3.10. The summed E-state index contributed by atoms with van der Waals surface area (Å²) in [5.74, 6) is -0.685. The monoisotopic (exact) mass is 371 g/mol. The highest BCUT2D eigenvalue weighted by Crippen LogP contribution is 2.43. The minimum absolute atomic E-state index is 0.0122. The summed E-state index contributed by atoms with van der Waals surface area (Å²) in [6.07, 6.45) is -1.71. The molecule has 4 atom stereocenters. The molecule has 3 heterocycles. The van der Waals surface area contributed by atoms with Crippen molar-refractivity contribution in [2.24, 2.45) is 5.92 Å². The number of halogens is 1. The number of carbonyl (C=O) groups is 1. The Balaban J connectivity index is 2.01. The number of anilines is 1. The van der Waals surface area contributed by atoms with Gasteiger partial charge in [-0.25, -0.2) is 9.37 Å². The number of imidazole rings is 1. The fourth-order valence-corrected chi connectivity index (χ4v) is 3.87. The number of nitrogens with one attached hydrogen (secondary N) is 2. The largest absolute Gasteiger partial charge is 0.395 e. The Hall–Kier alpha value is -1.98. The molecule has 1 aliphatic rings. The maximum Gasteiger partial charge on any atom is 0.280 e. The highest BCUT2D eigenvalue weighted by atomic mass is 32.2. The first kappa shape index (κ1) is 17.8. The second kappa shape index (κ2) is 6.73. The van der Waals surface area contributed by atoms with Gasteiger partial charge in [0, 0.05) is 5.92 Å².